The maximum atomic E-state index is 10.7. The molecule has 0 saturated carbocycles. The van der Waals surface area contributed by atoms with Gasteiger partial charge in [0, 0.05) is 6.92 Å². The van der Waals surface area contributed by atoms with Crippen LogP contribution in [0, 0.1) is 0 Å². The number of carbonyl (C=O) groups excluding carboxylic acids is 2. The first-order valence-electron chi connectivity index (χ1n) is 2.66. The van der Waals surface area contributed by atoms with Gasteiger partial charge in [0.2, 0.25) is 5.78 Å². The van der Waals surface area contributed by atoms with Crippen molar-refractivity contribution in [2.75, 3.05) is 0 Å². The molecule has 4 heteroatoms. The largest absolute Gasteiger partial charge is 0.442 e. The van der Waals surface area contributed by atoms with Gasteiger partial charge in [-0.05, 0) is 0 Å². The summed E-state index contributed by atoms with van der Waals surface area (Å²) in [5.74, 6) is -1.40. The highest BCUT2D eigenvalue weighted by Gasteiger charge is 2.14. The van der Waals surface area contributed by atoms with E-state index in [0.29, 0.717) is 0 Å². The lowest BCUT2D eigenvalue weighted by atomic mass is 10.3. The molecule has 0 radical (unpaired) electrons. The molecule has 0 fully saturated rings. The van der Waals surface area contributed by atoms with Gasteiger partial charge in [-0.15, -0.1) is 0 Å². The van der Waals surface area contributed by atoms with Crippen molar-refractivity contribution in [1.29, 1.82) is 0 Å². The van der Waals surface area contributed by atoms with Gasteiger partial charge in [-0.1, -0.05) is 0 Å². The van der Waals surface area contributed by atoms with Crippen LogP contribution in [0.1, 0.15) is 17.6 Å². The molecule has 0 aliphatic rings. The first-order valence-corrected chi connectivity index (χ1v) is 2.66. The molecule has 1 heterocycles. The summed E-state index contributed by atoms with van der Waals surface area (Å²) in [6.07, 6.45) is 2.56. The molecule has 52 valence electrons. The quantitative estimate of drug-likeness (QED) is 0.440. The van der Waals surface area contributed by atoms with Crippen molar-refractivity contribution in [3.05, 3.63) is 18.4 Å². The van der Waals surface area contributed by atoms with Crippen LogP contribution in [-0.4, -0.2) is 16.6 Å². The normalized spacial score (nSPS) is 9.30. The van der Waals surface area contributed by atoms with Crippen LogP contribution in [0.15, 0.2) is 16.9 Å². The van der Waals surface area contributed by atoms with E-state index < -0.39 is 11.6 Å². The molecule has 0 N–H and O–H groups in total. The standard InChI is InChI=1S/C6H5NO3/c1-4(8)5(9)6-7-2-3-10-6/h2-3H,1H3. The zero-order valence-corrected chi connectivity index (χ0v) is 5.33. The fraction of sp³-hybridized carbons (Fsp3) is 0.167. The first-order chi connectivity index (χ1) is 4.72. The van der Waals surface area contributed by atoms with E-state index in [1.807, 2.05) is 0 Å². The van der Waals surface area contributed by atoms with Gasteiger partial charge in [-0.25, -0.2) is 4.98 Å². The molecule has 0 aromatic carbocycles. The van der Waals surface area contributed by atoms with Crippen LogP contribution >= 0.6 is 0 Å². The van der Waals surface area contributed by atoms with Crippen molar-refractivity contribution in [2.24, 2.45) is 0 Å². The highest BCUT2D eigenvalue weighted by atomic mass is 16.3. The van der Waals surface area contributed by atoms with E-state index in [1.165, 1.54) is 19.4 Å². The van der Waals surface area contributed by atoms with Crippen LogP contribution in [0.2, 0.25) is 0 Å². The Morgan fingerprint density at radius 3 is 2.70 bits per heavy atom. The van der Waals surface area contributed by atoms with Crippen molar-refractivity contribution in [2.45, 2.75) is 6.92 Å². The Morgan fingerprint density at radius 1 is 1.60 bits per heavy atom. The number of hydrogen-bond acceptors (Lipinski definition) is 4. The van der Waals surface area contributed by atoms with Crippen LogP contribution in [0.5, 0.6) is 0 Å². The number of nitrogens with zero attached hydrogens (tertiary/aromatic N) is 1. The average Bonchev–Trinajstić information content (AvgIpc) is 2.36. The van der Waals surface area contributed by atoms with Crippen molar-refractivity contribution in [3.8, 4) is 0 Å². The van der Waals surface area contributed by atoms with Gasteiger partial charge in [-0.2, -0.15) is 0 Å². The SMILES string of the molecule is CC(=O)C(=O)c1ncco1. The summed E-state index contributed by atoms with van der Waals surface area (Å²) in [5.41, 5.74) is 0. The Balaban J connectivity index is 2.88. The first kappa shape index (κ1) is 6.67. The van der Waals surface area contributed by atoms with Gasteiger partial charge in [0.1, 0.15) is 6.26 Å². The van der Waals surface area contributed by atoms with Crippen LogP contribution in [0.3, 0.4) is 0 Å². The van der Waals surface area contributed by atoms with Crippen LogP contribution in [0.4, 0.5) is 0 Å². The van der Waals surface area contributed by atoms with Gasteiger partial charge in [0.15, 0.2) is 0 Å². The summed E-state index contributed by atoms with van der Waals surface area (Å²) in [6.45, 7) is 1.17. The molecule has 0 spiro atoms. The van der Waals surface area contributed by atoms with E-state index in [1.54, 1.807) is 0 Å². The van der Waals surface area contributed by atoms with E-state index >= 15 is 0 Å². The number of ketones is 2. The Kier molecular flexibility index (Phi) is 1.62. The molecular weight excluding hydrogens is 134 g/mol. The number of rotatable bonds is 2. The Bertz CT molecular complexity index is 250. The fourth-order valence-corrected chi connectivity index (χ4v) is 0.486. The second-order valence-electron chi connectivity index (χ2n) is 1.72. The predicted molar refractivity (Wildman–Crippen MR) is 31.5 cm³/mol. The second kappa shape index (κ2) is 2.43. The van der Waals surface area contributed by atoms with Crippen molar-refractivity contribution in [3.63, 3.8) is 0 Å². The topological polar surface area (TPSA) is 60.2 Å². The zero-order chi connectivity index (χ0) is 7.56. The molecule has 1 aromatic rings. The molecule has 0 bridgehead atoms. The van der Waals surface area contributed by atoms with E-state index in [-0.39, 0.29) is 5.89 Å². The highest BCUT2D eigenvalue weighted by Crippen LogP contribution is 1.95. The third-order valence-corrected chi connectivity index (χ3v) is 0.946. The molecule has 0 atom stereocenters. The third kappa shape index (κ3) is 1.10. The number of oxazole rings is 1. The highest BCUT2D eigenvalue weighted by molar-refractivity contribution is 6.41. The molecule has 0 aliphatic heterocycles. The lowest BCUT2D eigenvalue weighted by molar-refractivity contribution is -0.113. The molecule has 1 aromatic heterocycles. The number of aromatic nitrogens is 1. The van der Waals surface area contributed by atoms with Crippen molar-refractivity contribution >= 4 is 11.6 Å². The minimum absolute atomic E-state index is 0.146. The van der Waals surface area contributed by atoms with E-state index in [9.17, 15) is 9.59 Å². The van der Waals surface area contributed by atoms with Gasteiger partial charge in [-0.3, -0.25) is 9.59 Å². The Hall–Kier alpha value is -1.45. The van der Waals surface area contributed by atoms with E-state index in [2.05, 4.69) is 9.40 Å². The molecule has 0 saturated heterocycles. The monoisotopic (exact) mass is 139 g/mol. The molecule has 10 heavy (non-hydrogen) atoms. The Morgan fingerprint density at radius 2 is 2.30 bits per heavy atom. The maximum Gasteiger partial charge on any atom is 0.283 e. The summed E-state index contributed by atoms with van der Waals surface area (Å²) in [7, 11) is 0. The summed E-state index contributed by atoms with van der Waals surface area (Å²) < 4.78 is 4.58. The van der Waals surface area contributed by atoms with Crippen LogP contribution in [0.25, 0.3) is 0 Å². The lowest BCUT2D eigenvalue weighted by Crippen LogP contribution is -2.09. The second-order valence-corrected chi connectivity index (χ2v) is 1.72. The van der Waals surface area contributed by atoms with E-state index in [4.69, 9.17) is 0 Å². The Labute approximate surface area is 56.9 Å². The predicted octanol–water partition coefficient (Wildman–Crippen LogP) is 0.446. The smallest absolute Gasteiger partial charge is 0.283 e. The van der Waals surface area contributed by atoms with Gasteiger partial charge >= 0.3 is 0 Å². The molecule has 0 amide bonds. The minimum atomic E-state index is -0.690. The van der Waals surface area contributed by atoms with E-state index in [0.717, 1.165) is 0 Å². The van der Waals surface area contributed by atoms with Crippen molar-refractivity contribution in [1.82, 2.24) is 4.98 Å². The van der Waals surface area contributed by atoms with Crippen LogP contribution in [-0.2, 0) is 4.79 Å². The summed E-state index contributed by atoms with van der Waals surface area (Å²) in [4.78, 5) is 24.6. The zero-order valence-electron chi connectivity index (χ0n) is 5.33. The number of carbonyl (C=O) groups is 2. The summed E-state index contributed by atoms with van der Waals surface area (Å²) in [6, 6.07) is 0. The molecule has 1 rings (SSSR count). The van der Waals surface area contributed by atoms with Crippen LogP contribution < -0.4 is 0 Å². The number of hydrogen-bond donors (Lipinski definition) is 0. The molecular formula is C6H5NO3. The fourth-order valence-electron chi connectivity index (χ4n) is 0.486. The third-order valence-electron chi connectivity index (χ3n) is 0.946. The molecule has 4 nitrogen and oxygen atoms in total. The molecule has 0 unspecified atom stereocenters. The van der Waals surface area contributed by atoms with Gasteiger partial charge in [0.25, 0.3) is 11.7 Å². The summed E-state index contributed by atoms with van der Waals surface area (Å²) >= 11 is 0. The minimum Gasteiger partial charge on any atom is -0.442 e. The maximum absolute atomic E-state index is 10.7. The summed E-state index contributed by atoms with van der Waals surface area (Å²) in [5, 5.41) is 0. The van der Waals surface area contributed by atoms with Gasteiger partial charge < -0.3 is 4.42 Å². The average molecular weight is 139 g/mol. The van der Waals surface area contributed by atoms with Crippen molar-refractivity contribution < 1.29 is 14.0 Å². The molecule has 0 aliphatic carbocycles. The lowest BCUT2D eigenvalue weighted by Gasteiger charge is -1.84. The number of Topliss-reactive ketones (excluding diaryl/α,β-unsaturated/α-hetero) is 2. The van der Waals surface area contributed by atoms with Gasteiger partial charge in [0.05, 0.1) is 6.20 Å².